The minimum Gasteiger partial charge on any atom is -0.478 e. The number of hydrogen-bond acceptors (Lipinski definition) is 4. The molecule has 0 unspecified atom stereocenters. The van der Waals surface area contributed by atoms with Crippen LogP contribution in [-0.2, 0) is 19.2 Å². The number of rotatable bonds is 6. The summed E-state index contributed by atoms with van der Waals surface area (Å²) >= 11 is 5.88. The number of benzene rings is 1. The third-order valence-corrected chi connectivity index (χ3v) is 2.58. The topological polar surface area (TPSA) is 133 Å². The molecule has 2 amide bonds. The lowest BCUT2D eigenvalue weighted by molar-refractivity contribution is -0.132. The Labute approximate surface area is 135 Å². The van der Waals surface area contributed by atoms with Gasteiger partial charge < -0.3 is 20.8 Å². The van der Waals surface area contributed by atoms with Crippen LogP contribution in [0.4, 0.5) is 11.4 Å². The minimum atomic E-state index is -1.28. The lowest BCUT2D eigenvalue weighted by atomic mass is 10.2. The summed E-state index contributed by atoms with van der Waals surface area (Å²) in [5.74, 6) is -3.95. The van der Waals surface area contributed by atoms with E-state index in [1.165, 1.54) is 18.2 Å². The number of anilines is 2. The molecule has 0 saturated heterocycles. The second kappa shape index (κ2) is 8.35. The van der Waals surface area contributed by atoms with Crippen LogP contribution in [0, 0.1) is 0 Å². The van der Waals surface area contributed by atoms with Crippen molar-refractivity contribution in [3.05, 3.63) is 47.5 Å². The van der Waals surface area contributed by atoms with Crippen LogP contribution in [-0.4, -0.2) is 34.0 Å². The van der Waals surface area contributed by atoms with Crippen LogP contribution in [0.5, 0.6) is 0 Å². The molecule has 0 fully saturated rings. The normalized spacial score (nSPS) is 10.7. The van der Waals surface area contributed by atoms with Gasteiger partial charge in [-0.2, -0.15) is 0 Å². The van der Waals surface area contributed by atoms with E-state index in [2.05, 4.69) is 10.6 Å². The summed E-state index contributed by atoms with van der Waals surface area (Å²) in [6, 6.07) is 4.17. The summed E-state index contributed by atoms with van der Waals surface area (Å²) in [6.45, 7) is 0. The molecular weight excluding hydrogens is 328 g/mol. The summed E-state index contributed by atoms with van der Waals surface area (Å²) in [7, 11) is 0. The largest absolute Gasteiger partial charge is 0.478 e. The standard InChI is InChI=1S/C14H11ClN2O6/c15-9-2-1-8(16-11(18)3-5-13(20)21)7-10(9)17-12(19)4-6-14(22)23/h1-7H,(H,16,18)(H,17,19)(H,20,21)(H,22,23)/b5-3+,6-4+. The van der Waals surface area contributed by atoms with E-state index in [4.69, 9.17) is 21.8 Å². The number of carboxylic acid groups (broad SMARTS) is 2. The third kappa shape index (κ3) is 6.91. The van der Waals surface area contributed by atoms with Crippen molar-refractivity contribution in [1.29, 1.82) is 0 Å². The Morgan fingerprint density at radius 2 is 1.39 bits per heavy atom. The number of amides is 2. The third-order valence-electron chi connectivity index (χ3n) is 2.25. The molecular formula is C14H11ClN2O6. The molecule has 9 heteroatoms. The Hall–Kier alpha value is -3.13. The van der Waals surface area contributed by atoms with Crippen LogP contribution < -0.4 is 10.6 Å². The first-order valence-corrected chi connectivity index (χ1v) is 6.39. The van der Waals surface area contributed by atoms with Crippen molar-refractivity contribution >= 4 is 46.7 Å². The fourth-order valence-electron chi connectivity index (χ4n) is 1.35. The van der Waals surface area contributed by atoms with Gasteiger partial charge in [-0.25, -0.2) is 9.59 Å². The van der Waals surface area contributed by atoms with Gasteiger partial charge in [-0.15, -0.1) is 0 Å². The van der Waals surface area contributed by atoms with Crippen molar-refractivity contribution in [2.75, 3.05) is 10.6 Å². The average molecular weight is 339 g/mol. The highest BCUT2D eigenvalue weighted by atomic mass is 35.5. The van der Waals surface area contributed by atoms with E-state index in [1.54, 1.807) is 0 Å². The summed E-state index contributed by atoms with van der Waals surface area (Å²) in [4.78, 5) is 43.6. The Kier molecular flexibility index (Phi) is 6.50. The first-order valence-electron chi connectivity index (χ1n) is 6.01. The van der Waals surface area contributed by atoms with Crippen molar-refractivity contribution in [3.8, 4) is 0 Å². The van der Waals surface area contributed by atoms with E-state index in [9.17, 15) is 19.2 Å². The zero-order chi connectivity index (χ0) is 17.4. The highest BCUT2D eigenvalue weighted by molar-refractivity contribution is 6.34. The van der Waals surface area contributed by atoms with Crippen molar-refractivity contribution in [2.45, 2.75) is 0 Å². The lowest BCUT2D eigenvalue weighted by Crippen LogP contribution is -2.11. The maximum Gasteiger partial charge on any atom is 0.328 e. The quantitative estimate of drug-likeness (QED) is 0.581. The Morgan fingerprint density at radius 3 is 1.91 bits per heavy atom. The SMILES string of the molecule is O=C(O)/C=C/C(=O)Nc1ccc(Cl)c(NC(=O)/C=C/C(=O)O)c1. The molecule has 0 atom stereocenters. The van der Waals surface area contributed by atoms with Crippen LogP contribution in [0.15, 0.2) is 42.5 Å². The molecule has 1 aromatic carbocycles. The molecule has 120 valence electrons. The van der Waals surface area contributed by atoms with Crippen LogP contribution >= 0.6 is 11.6 Å². The Balaban J connectivity index is 2.83. The maximum atomic E-state index is 11.5. The summed E-state index contributed by atoms with van der Waals surface area (Å²) < 4.78 is 0. The Morgan fingerprint density at radius 1 is 0.870 bits per heavy atom. The zero-order valence-electron chi connectivity index (χ0n) is 11.4. The molecule has 0 radical (unpaired) electrons. The molecule has 0 aliphatic rings. The number of carboxylic acids is 2. The van der Waals surface area contributed by atoms with Gasteiger partial charge in [0.15, 0.2) is 0 Å². The van der Waals surface area contributed by atoms with Crippen molar-refractivity contribution < 1.29 is 29.4 Å². The molecule has 0 aliphatic carbocycles. The van der Waals surface area contributed by atoms with Crippen LogP contribution in [0.1, 0.15) is 0 Å². The average Bonchev–Trinajstić information content (AvgIpc) is 2.46. The van der Waals surface area contributed by atoms with Gasteiger partial charge in [-0.1, -0.05) is 11.6 Å². The van der Waals surface area contributed by atoms with Crippen molar-refractivity contribution in [3.63, 3.8) is 0 Å². The first kappa shape index (κ1) is 17.9. The van der Waals surface area contributed by atoms with Gasteiger partial charge in [-0.3, -0.25) is 9.59 Å². The van der Waals surface area contributed by atoms with Gasteiger partial charge in [0.25, 0.3) is 0 Å². The second-order valence-corrected chi connectivity index (χ2v) is 4.42. The number of nitrogens with one attached hydrogen (secondary N) is 2. The van der Waals surface area contributed by atoms with E-state index in [-0.39, 0.29) is 16.4 Å². The molecule has 0 heterocycles. The number of halogens is 1. The van der Waals surface area contributed by atoms with E-state index in [0.29, 0.717) is 12.2 Å². The fourth-order valence-corrected chi connectivity index (χ4v) is 1.52. The molecule has 23 heavy (non-hydrogen) atoms. The number of hydrogen-bond donors (Lipinski definition) is 4. The first-order chi connectivity index (χ1) is 10.8. The van der Waals surface area contributed by atoms with Crippen LogP contribution in [0.2, 0.25) is 5.02 Å². The number of carbonyl (C=O) groups is 4. The molecule has 0 aliphatic heterocycles. The fraction of sp³-hybridized carbons (Fsp3) is 0. The summed E-state index contributed by atoms with van der Waals surface area (Å²) in [5, 5.41) is 21.7. The minimum absolute atomic E-state index is 0.145. The molecule has 8 nitrogen and oxygen atoms in total. The molecule has 1 aromatic rings. The number of aliphatic carboxylic acids is 2. The smallest absolute Gasteiger partial charge is 0.328 e. The molecule has 0 spiro atoms. The van der Waals surface area contributed by atoms with Gasteiger partial charge in [0.2, 0.25) is 11.8 Å². The van der Waals surface area contributed by atoms with E-state index < -0.39 is 23.8 Å². The van der Waals surface area contributed by atoms with Gasteiger partial charge in [0, 0.05) is 30.0 Å². The van der Waals surface area contributed by atoms with E-state index in [1.807, 2.05) is 0 Å². The molecule has 4 N–H and O–H groups in total. The van der Waals surface area contributed by atoms with Crippen LogP contribution in [0.25, 0.3) is 0 Å². The second-order valence-electron chi connectivity index (χ2n) is 4.02. The van der Waals surface area contributed by atoms with Crippen molar-refractivity contribution in [1.82, 2.24) is 0 Å². The Bertz CT molecular complexity index is 711. The van der Waals surface area contributed by atoms with E-state index in [0.717, 1.165) is 12.2 Å². The highest BCUT2D eigenvalue weighted by Gasteiger charge is 2.07. The highest BCUT2D eigenvalue weighted by Crippen LogP contribution is 2.25. The molecule has 0 bridgehead atoms. The van der Waals surface area contributed by atoms with E-state index >= 15 is 0 Å². The summed E-state index contributed by atoms with van der Waals surface area (Å²) in [6.07, 6.45) is 2.96. The molecule has 0 aromatic heterocycles. The lowest BCUT2D eigenvalue weighted by Gasteiger charge is -2.08. The monoisotopic (exact) mass is 338 g/mol. The number of carbonyl (C=O) groups excluding carboxylic acids is 2. The maximum absolute atomic E-state index is 11.5. The summed E-state index contributed by atoms with van der Waals surface area (Å²) in [5.41, 5.74) is 0.402. The van der Waals surface area contributed by atoms with Gasteiger partial charge >= 0.3 is 11.9 Å². The van der Waals surface area contributed by atoms with Gasteiger partial charge in [-0.05, 0) is 18.2 Å². The predicted octanol–water partition coefficient (Wildman–Crippen LogP) is 1.50. The van der Waals surface area contributed by atoms with Gasteiger partial charge in [0.05, 0.1) is 10.7 Å². The van der Waals surface area contributed by atoms with Crippen LogP contribution in [0.3, 0.4) is 0 Å². The zero-order valence-corrected chi connectivity index (χ0v) is 12.2. The van der Waals surface area contributed by atoms with Gasteiger partial charge in [0.1, 0.15) is 0 Å². The molecule has 0 saturated carbocycles. The molecule has 1 rings (SSSR count). The predicted molar refractivity (Wildman–Crippen MR) is 82.3 cm³/mol. The van der Waals surface area contributed by atoms with Crippen molar-refractivity contribution in [2.24, 2.45) is 0 Å².